The van der Waals surface area contributed by atoms with Gasteiger partial charge in [0.05, 0.1) is 6.04 Å². The minimum absolute atomic E-state index is 0.107. The molecule has 2 saturated heterocycles. The second-order valence-corrected chi connectivity index (χ2v) is 2.92. The first-order chi connectivity index (χ1) is 4.88. The van der Waals surface area contributed by atoms with E-state index in [-0.39, 0.29) is 6.09 Å². The number of hydrogen-bond acceptors (Lipinski definition) is 2. The maximum absolute atomic E-state index is 10.9. The fourth-order valence-corrected chi connectivity index (χ4v) is 1.66. The fraction of sp³-hybridized carbons (Fsp3) is 0.857. The van der Waals surface area contributed by atoms with Gasteiger partial charge in [-0.3, -0.25) is 0 Å². The Hall–Kier alpha value is -0.730. The highest BCUT2D eigenvalue weighted by atomic mass is 16.6. The van der Waals surface area contributed by atoms with Gasteiger partial charge in [0.2, 0.25) is 0 Å². The number of carbonyl (C=O) groups is 1. The average Bonchev–Trinajstić information content (AvgIpc) is 2.34. The molecule has 3 nitrogen and oxygen atoms in total. The molecule has 2 fully saturated rings. The molecule has 2 heterocycles. The molecule has 0 radical (unpaired) electrons. The molecular weight excluding hydrogens is 130 g/mol. The summed E-state index contributed by atoms with van der Waals surface area (Å²) in [5.74, 6) is 0. The van der Waals surface area contributed by atoms with Gasteiger partial charge >= 0.3 is 6.09 Å². The van der Waals surface area contributed by atoms with Crippen molar-refractivity contribution in [3.63, 3.8) is 0 Å². The van der Waals surface area contributed by atoms with Crippen molar-refractivity contribution in [3.05, 3.63) is 0 Å². The first kappa shape index (κ1) is 6.01. The Morgan fingerprint density at radius 1 is 1.50 bits per heavy atom. The van der Waals surface area contributed by atoms with E-state index >= 15 is 0 Å². The maximum atomic E-state index is 10.9. The van der Waals surface area contributed by atoms with Gasteiger partial charge in [0, 0.05) is 6.54 Å². The van der Waals surface area contributed by atoms with E-state index in [0.717, 1.165) is 19.4 Å². The molecule has 0 aromatic rings. The van der Waals surface area contributed by atoms with E-state index in [0.29, 0.717) is 12.6 Å². The van der Waals surface area contributed by atoms with E-state index in [1.54, 1.807) is 0 Å². The summed E-state index contributed by atoms with van der Waals surface area (Å²) in [4.78, 5) is 12.8. The summed E-state index contributed by atoms with van der Waals surface area (Å²) in [6.45, 7) is 1.53. The second kappa shape index (κ2) is 2.15. The molecule has 2 aliphatic rings. The molecule has 0 spiro atoms. The zero-order chi connectivity index (χ0) is 6.97. The van der Waals surface area contributed by atoms with Crippen LogP contribution in [0.2, 0.25) is 0 Å². The van der Waals surface area contributed by atoms with Crippen molar-refractivity contribution in [1.82, 2.24) is 4.90 Å². The average molecular weight is 141 g/mol. The molecule has 1 amide bonds. The number of rotatable bonds is 0. The molecule has 10 heavy (non-hydrogen) atoms. The van der Waals surface area contributed by atoms with Crippen molar-refractivity contribution in [1.29, 1.82) is 0 Å². The van der Waals surface area contributed by atoms with Crippen LogP contribution in [-0.4, -0.2) is 30.2 Å². The Kier molecular flexibility index (Phi) is 1.29. The van der Waals surface area contributed by atoms with Crippen molar-refractivity contribution >= 4 is 6.09 Å². The number of carbonyl (C=O) groups excluding carboxylic acids is 1. The number of nitrogens with zero attached hydrogens (tertiary/aromatic N) is 1. The van der Waals surface area contributed by atoms with E-state index in [1.807, 2.05) is 4.90 Å². The third kappa shape index (κ3) is 0.770. The lowest BCUT2D eigenvalue weighted by Gasteiger charge is -2.25. The first-order valence-electron chi connectivity index (χ1n) is 3.81. The first-order valence-corrected chi connectivity index (χ1v) is 3.81. The quantitative estimate of drug-likeness (QED) is 0.503. The molecule has 0 saturated carbocycles. The number of hydrogen-bond donors (Lipinski definition) is 0. The predicted octanol–water partition coefficient (Wildman–Crippen LogP) is 0.991. The molecule has 56 valence electrons. The molecule has 2 aliphatic heterocycles. The molecule has 3 heteroatoms. The van der Waals surface area contributed by atoms with E-state index in [4.69, 9.17) is 4.74 Å². The molecule has 0 aliphatic carbocycles. The van der Waals surface area contributed by atoms with Crippen LogP contribution in [0.3, 0.4) is 0 Å². The Labute approximate surface area is 60.0 Å². The van der Waals surface area contributed by atoms with Gasteiger partial charge in [-0.05, 0) is 19.3 Å². The van der Waals surface area contributed by atoms with E-state index in [9.17, 15) is 4.79 Å². The fourth-order valence-electron chi connectivity index (χ4n) is 1.66. The van der Waals surface area contributed by atoms with Gasteiger partial charge < -0.3 is 9.64 Å². The number of cyclic esters (lactones) is 1. The van der Waals surface area contributed by atoms with Crippen molar-refractivity contribution in [3.8, 4) is 0 Å². The SMILES string of the molecule is O=C1OCC2CCCCN12. The zero-order valence-corrected chi connectivity index (χ0v) is 5.88. The lowest BCUT2D eigenvalue weighted by atomic mass is 10.0. The number of fused-ring (bicyclic) bond motifs is 1. The Bertz CT molecular complexity index is 158. The third-order valence-corrected chi connectivity index (χ3v) is 2.26. The van der Waals surface area contributed by atoms with E-state index < -0.39 is 0 Å². The van der Waals surface area contributed by atoms with Gasteiger partial charge in [-0.25, -0.2) is 4.79 Å². The van der Waals surface area contributed by atoms with Crippen molar-refractivity contribution < 1.29 is 9.53 Å². The lowest BCUT2D eigenvalue weighted by Crippen LogP contribution is -2.37. The Morgan fingerprint density at radius 2 is 2.40 bits per heavy atom. The highest BCUT2D eigenvalue weighted by Crippen LogP contribution is 2.22. The van der Waals surface area contributed by atoms with Crippen molar-refractivity contribution in [2.24, 2.45) is 0 Å². The minimum Gasteiger partial charge on any atom is -0.447 e. The predicted molar refractivity (Wildman–Crippen MR) is 35.7 cm³/mol. The van der Waals surface area contributed by atoms with Gasteiger partial charge in [0.15, 0.2) is 0 Å². The van der Waals surface area contributed by atoms with Crippen LogP contribution < -0.4 is 0 Å². The van der Waals surface area contributed by atoms with Crippen LogP contribution in [0, 0.1) is 0 Å². The van der Waals surface area contributed by atoms with E-state index in [1.165, 1.54) is 6.42 Å². The van der Waals surface area contributed by atoms with Gasteiger partial charge in [-0.1, -0.05) is 0 Å². The van der Waals surface area contributed by atoms with Gasteiger partial charge in [0.1, 0.15) is 6.61 Å². The van der Waals surface area contributed by atoms with Crippen LogP contribution in [0.1, 0.15) is 19.3 Å². The number of amides is 1. The minimum atomic E-state index is -0.107. The smallest absolute Gasteiger partial charge is 0.410 e. The summed E-state index contributed by atoms with van der Waals surface area (Å²) < 4.78 is 4.89. The summed E-state index contributed by atoms with van der Waals surface area (Å²) in [6, 6.07) is 0.404. The Morgan fingerprint density at radius 3 is 3.20 bits per heavy atom. The number of piperidine rings is 1. The van der Waals surface area contributed by atoms with Gasteiger partial charge in [-0.15, -0.1) is 0 Å². The highest BCUT2D eigenvalue weighted by molar-refractivity contribution is 5.70. The highest BCUT2D eigenvalue weighted by Gasteiger charge is 2.34. The molecule has 0 N–H and O–H groups in total. The lowest BCUT2D eigenvalue weighted by molar-refractivity contribution is 0.154. The maximum Gasteiger partial charge on any atom is 0.410 e. The van der Waals surface area contributed by atoms with Crippen LogP contribution >= 0.6 is 0 Å². The van der Waals surface area contributed by atoms with Crippen LogP contribution in [0.4, 0.5) is 4.79 Å². The number of ether oxygens (including phenoxy) is 1. The summed E-state index contributed by atoms with van der Waals surface area (Å²) in [5.41, 5.74) is 0. The largest absolute Gasteiger partial charge is 0.447 e. The van der Waals surface area contributed by atoms with Crippen LogP contribution in [-0.2, 0) is 4.74 Å². The summed E-state index contributed by atoms with van der Waals surface area (Å²) >= 11 is 0. The molecule has 0 bridgehead atoms. The van der Waals surface area contributed by atoms with E-state index in [2.05, 4.69) is 0 Å². The van der Waals surface area contributed by atoms with Crippen LogP contribution in [0.25, 0.3) is 0 Å². The summed E-state index contributed by atoms with van der Waals surface area (Å²) in [5, 5.41) is 0. The van der Waals surface area contributed by atoms with Crippen molar-refractivity contribution in [2.75, 3.05) is 13.2 Å². The van der Waals surface area contributed by atoms with Gasteiger partial charge in [0.25, 0.3) is 0 Å². The topological polar surface area (TPSA) is 29.5 Å². The summed E-state index contributed by atoms with van der Waals surface area (Å²) in [6.07, 6.45) is 3.42. The second-order valence-electron chi connectivity index (χ2n) is 2.92. The molecule has 1 unspecified atom stereocenters. The molecular formula is C7H11NO2. The molecule has 1 atom stereocenters. The normalized spacial score (nSPS) is 31.8. The van der Waals surface area contributed by atoms with Crippen LogP contribution in [0.5, 0.6) is 0 Å². The van der Waals surface area contributed by atoms with Crippen molar-refractivity contribution in [2.45, 2.75) is 25.3 Å². The molecule has 0 aromatic heterocycles. The van der Waals surface area contributed by atoms with Gasteiger partial charge in [-0.2, -0.15) is 0 Å². The molecule has 0 aromatic carbocycles. The molecule has 2 rings (SSSR count). The standard InChI is InChI=1S/C7H11NO2/c9-7-8-4-2-1-3-6(8)5-10-7/h6H,1-5H2. The zero-order valence-electron chi connectivity index (χ0n) is 5.88. The Balaban J connectivity index is 2.08. The monoisotopic (exact) mass is 141 g/mol. The summed E-state index contributed by atoms with van der Waals surface area (Å²) in [7, 11) is 0. The van der Waals surface area contributed by atoms with Crippen LogP contribution in [0.15, 0.2) is 0 Å². The third-order valence-electron chi connectivity index (χ3n) is 2.26.